The second-order valence-corrected chi connectivity index (χ2v) is 4.20. The molecular weight excluding hydrogens is 226 g/mol. The molecule has 3 nitrogen and oxygen atoms in total. The van der Waals surface area contributed by atoms with Gasteiger partial charge in [-0.05, 0) is 23.6 Å². The highest BCUT2D eigenvalue weighted by Crippen LogP contribution is 2.24. The molecule has 0 heterocycles. The van der Waals surface area contributed by atoms with Crippen LogP contribution in [0.5, 0.6) is 0 Å². The predicted octanol–water partition coefficient (Wildman–Crippen LogP) is 2.68. The van der Waals surface area contributed by atoms with Gasteiger partial charge in [0.05, 0.1) is 5.92 Å². The van der Waals surface area contributed by atoms with Gasteiger partial charge in [-0.15, -0.1) is 0 Å². The molecule has 1 atom stereocenters. The number of para-hydroxylation sites is 1. The topological polar surface area (TPSA) is 63.3 Å². The Balaban J connectivity index is 2.28. The molecule has 0 amide bonds. The van der Waals surface area contributed by atoms with Crippen molar-refractivity contribution in [1.82, 2.24) is 0 Å². The Hall–Kier alpha value is -2.29. The van der Waals surface area contributed by atoms with E-state index in [4.69, 9.17) is 5.73 Å². The first-order valence-electron chi connectivity index (χ1n) is 5.79. The van der Waals surface area contributed by atoms with Gasteiger partial charge >= 0.3 is 5.97 Å². The molecule has 0 aliphatic rings. The lowest BCUT2D eigenvalue weighted by Gasteiger charge is -2.14. The first-order valence-corrected chi connectivity index (χ1v) is 5.79. The van der Waals surface area contributed by atoms with Gasteiger partial charge in [0, 0.05) is 5.69 Å². The average Bonchev–Trinajstić information content (AvgIpc) is 2.38. The van der Waals surface area contributed by atoms with Crippen molar-refractivity contribution >= 4 is 11.7 Å². The van der Waals surface area contributed by atoms with Gasteiger partial charge in [-0.2, -0.15) is 0 Å². The van der Waals surface area contributed by atoms with Crippen LogP contribution in [-0.2, 0) is 11.2 Å². The number of rotatable bonds is 4. The van der Waals surface area contributed by atoms with E-state index in [0.717, 1.165) is 11.1 Å². The molecule has 0 saturated carbocycles. The van der Waals surface area contributed by atoms with E-state index in [9.17, 15) is 9.90 Å². The number of carboxylic acid groups (broad SMARTS) is 1. The molecule has 0 bridgehead atoms. The summed E-state index contributed by atoms with van der Waals surface area (Å²) in [6.45, 7) is 0. The highest BCUT2D eigenvalue weighted by atomic mass is 16.4. The second kappa shape index (κ2) is 5.36. The molecular formula is C15H15NO2. The minimum absolute atomic E-state index is 0.409. The largest absolute Gasteiger partial charge is 0.481 e. The predicted molar refractivity (Wildman–Crippen MR) is 71.4 cm³/mol. The van der Waals surface area contributed by atoms with Crippen LogP contribution in [0.4, 0.5) is 5.69 Å². The summed E-state index contributed by atoms with van der Waals surface area (Å²) < 4.78 is 0. The molecule has 0 fully saturated rings. The number of nitrogens with two attached hydrogens (primary N) is 1. The van der Waals surface area contributed by atoms with Gasteiger partial charge in [0.25, 0.3) is 0 Å². The monoisotopic (exact) mass is 241 g/mol. The fourth-order valence-corrected chi connectivity index (χ4v) is 1.97. The fraction of sp³-hybridized carbons (Fsp3) is 0.133. The Morgan fingerprint density at radius 2 is 1.67 bits per heavy atom. The van der Waals surface area contributed by atoms with Gasteiger partial charge in [0.2, 0.25) is 0 Å². The van der Waals surface area contributed by atoms with Crippen LogP contribution in [-0.4, -0.2) is 11.1 Å². The van der Waals surface area contributed by atoms with Crippen LogP contribution < -0.4 is 5.73 Å². The van der Waals surface area contributed by atoms with Crippen molar-refractivity contribution in [2.24, 2.45) is 0 Å². The van der Waals surface area contributed by atoms with Gasteiger partial charge in [-0.3, -0.25) is 4.79 Å². The number of anilines is 1. The third kappa shape index (κ3) is 2.69. The van der Waals surface area contributed by atoms with Crippen molar-refractivity contribution in [2.75, 3.05) is 5.73 Å². The highest BCUT2D eigenvalue weighted by molar-refractivity contribution is 5.77. The molecule has 2 aromatic carbocycles. The van der Waals surface area contributed by atoms with E-state index in [1.165, 1.54) is 0 Å². The van der Waals surface area contributed by atoms with Crippen molar-refractivity contribution in [1.29, 1.82) is 0 Å². The van der Waals surface area contributed by atoms with Gasteiger partial charge in [-0.1, -0.05) is 48.5 Å². The number of carboxylic acids is 1. The quantitative estimate of drug-likeness (QED) is 0.809. The molecule has 0 spiro atoms. The van der Waals surface area contributed by atoms with Gasteiger partial charge < -0.3 is 10.8 Å². The van der Waals surface area contributed by atoms with Crippen molar-refractivity contribution in [3.63, 3.8) is 0 Å². The van der Waals surface area contributed by atoms with E-state index >= 15 is 0 Å². The normalized spacial score (nSPS) is 12.0. The van der Waals surface area contributed by atoms with E-state index in [1.807, 2.05) is 48.5 Å². The van der Waals surface area contributed by atoms with Crippen molar-refractivity contribution in [3.05, 3.63) is 65.7 Å². The summed E-state index contributed by atoms with van der Waals surface area (Å²) in [7, 11) is 0. The zero-order valence-corrected chi connectivity index (χ0v) is 9.91. The van der Waals surface area contributed by atoms with Crippen LogP contribution in [0.3, 0.4) is 0 Å². The van der Waals surface area contributed by atoms with Crippen LogP contribution in [0, 0.1) is 0 Å². The maximum Gasteiger partial charge on any atom is 0.311 e. The maximum atomic E-state index is 11.4. The summed E-state index contributed by atoms with van der Waals surface area (Å²) in [6, 6.07) is 16.6. The van der Waals surface area contributed by atoms with Crippen LogP contribution in [0.25, 0.3) is 0 Å². The molecule has 0 radical (unpaired) electrons. The van der Waals surface area contributed by atoms with E-state index < -0.39 is 11.9 Å². The van der Waals surface area contributed by atoms with Gasteiger partial charge in [0.1, 0.15) is 0 Å². The maximum absolute atomic E-state index is 11.4. The summed E-state index contributed by atoms with van der Waals surface area (Å²) >= 11 is 0. The Labute approximate surface area is 106 Å². The Kier molecular flexibility index (Phi) is 3.63. The van der Waals surface area contributed by atoms with Gasteiger partial charge in [-0.25, -0.2) is 0 Å². The molecule has 0 aliphatic carbocycles. The van der Waals surface area contributed by atoms with Crippen molar-refractivity contribution < 1.29 is 9.90 Å². The lowest BCUT2D eigenvalue weighted by atomic mass is 9.91. The SMILES string of the molecule is Nc1ccccc1C[C@H](C(=O)O)c1ccccc1. The van der Waals surface area contributed by atoms with Crippen LogP contribution in [0.1, 0.15) is 17.0 Å². The zero-order chi connectivity index (χ0) is 13.0. The lowest BCUT2D eigenvalue weighted by molar-refractivity contribution is -0.138. The molecule has 3 heteroatoms. The lowest BCUT2D eigenvalue weighted by Crippen LogP contribution is -2.15. The number of nitrogen functional groups attached to an aromatic ring is 1. The molecule has 92 valence electrons. The summed E-state index contributed by atoms with van der Waals surface area (Å²) in [5.41, 5.74) is 8.16. The summed E-state index contributed by atoms with van der Waals surface area (Å²) in [5, 5.41) is 9.34. The first kappa shape index (κ1) is 12.2. The third-order valence-electron chi connectivity index (χ3n) is 2.98. The number of aliphatic carboxylic acids is 1. The van der Waals surface area contributed by atoms with E-state index in [1.54, 1.807) is 6.07 Å². The van der Waals surface area contributed by atoms with Crippen LogP contribution in [0.2, 0.25) is 0 Å². The minimum atomic E-state index is -0.829. The number of carbonyl (C=O) groups is 1. The molecule has 0 aromatic heterocycles. The van der Waals surface area contributed by atoms with Crippen molar-refractivity contribution in [3.8, 4) is 0 Å². The van der Waals surface area contributed by atoms with E-state index in [2.05, 4.69) is 0 Å². The van der Waals surface area contributed by atoms with Crippen molar-refractivity contribution in [2.45, 2.75) is 12.3 Å². The van der Waals surface area contributed by atoms with Crippen LogP contribution >= 0.6 is 0 Å². The van der Waals surface area contributed by atoms with Gasteiger partial charge in [0.15, 0.2) is 0 Å². The number of benzene rings is 2. The summed E-state index contributed by atoms with van der Waals surface area (Å²) in [5.74, 6) is -1.39. The molecule has 2 rings (SSSR count). The molecule has 3 N–H and O–H groups in total. The highest BCUT2D eigenvalue weighted by Gasteiger charge is 2.20. The summed E-state index contributed by atoms with van der Waals surface area (Å²) in [6.07, 6.45) is 0.409. The smallest absolute Gasteiger partial charge is 0.311 e. The minimum Gasteiger partial charge on any atom is -0.481 e. The molecule has 0 aliphatic heterocycles. The molecule has 18 heavy (non-hydrogen) atoms. The Morgan fingerprint density at radius 1 is 1.06 bits per heavy atom. The van der Waals surface area contributed by atoms with E-state index in [0.29, 0.717) is 12.1 Å². The first-order chi connectivity index (χ1) is 8.68. The average molecular weight is 241 g/mol. The van der Waals surface area contributed by atoms with E-state index in [-0.39, 0.29) is 0 Å². The molecule has 2 aromatic rings. The number of hydrogen-bond donors (Lipinski definition) is 2. The second-order valence-electron chi connectivity index (χ2n) is 4.20. The van der Waals surface area contributed by atoms with Crippen LogP contribution in [0.15, 0.2) is 54.6 Å². The standard InChI is InChI=1S/C15H15NO2/c16-14-9-5-4-8-12(14)10-13(15(17)18)11-6-2-1-3-7-11/h1-9,13H,10,16H2,(H,17,18)/t13-/m0/s1. The fourth-order valence-electron chi connectivity index (χ4n) is 1.97. The molecule has 0 unspecified atom stereocenters. The Morgan fingerprint density at radius 3 is 2.28 bits per heavy atom. The molecule has 0 saturated heterocycles. The zero-order valence-electron chi connectivity index (χ0n) is 9.91. The third-order valence-corrected chi connectivity index (χ3v) is 2.98. The summed E-state index contributed by atoms with van der Waals surface area (Å²) in [4.78, 5) is 11.4. The number of hydrogen-bond acceptors (Lipinski definition) is 2. The Bertz CT molecular complexity index is 537.